The van der Waals surface area contributed by atoms with E-state index in [1.54, 1.807) is 23.7 Å². The van der Waals surface area contributed by atoms with E-state index in [1.165, 1.54) is 0 Å². The maximum absolute atomic E-state index is 11.7. The molecule has 0 radical (unpaired) electrons. The second-order valence-corrected chi connectivity index (χ2v) is 3.53. The van der Waals surface area contributed by atoms with Gasteiger partial charge in [-0.3, -0.25) is 4.40 Å². The van der Waals surface area contributed by atoms with E-state index in [9.17, 15) is 4.79 Å². The van der Waals surface area contributed by atoms with Gasteiger partial charge >= 0.3 is 5.97 Å². The van der Waals surface area contributed by atoms with Crippen LogP contribution in [0.1, 0.15) is 28.8 Å². The number of hydrogen-bond acceptors (Lipinski definition) is 4. The third kappa shape index (κ3) is 1.91. The quantitative estimate of drug-likeness (QED) is 0.756. The molecule has 88 valence electrons. The lowest BCUT2D eigenvalue weighted by atomic mass is 10.3. The van der Waals surface area contributed by atoms with E-state index >= 15 is 0 Å². The number of ether oxygens (including phenoxy) is 1. The Hall–Kier alpha value is -2.17. The largest absolute Gasteiger partial charge is 0.461 e. The molecular weight excluding hydrogens is 218 g/mol. The number of nitrogens with zero attached hydrogens (tertiary/aromatic N) is 3. The van der Waals surface area contributed by atoms with Crippen molar-refractivity contribution < 1.29 is 9.53 Å². The van der Waals surface area contributed by atoms with E-state index in [1.807, 2.05) is 13.0 Å². The molecule has 0 aliphatic rings. The Bertz CT molecular complexity index is 587. The van der Waals surface area contributed by atoms with Crippen LogP contribution in [0.4, 0.5) is 0 Å². The Morgan fingerprint density at radius 3 is 3.06 bits per heavy atom. The van der Waals surface area contributed by atoms with Crippen LogP contribution >= 0.6 is 0 Å². The van der Waals surface area contributed by atoms with E-state index in [0.29, 0.717) is 17.9 Å². The van der Waals surface area contributed by atoms with Gasteiger partial charge in [-0.15, -0.1) is 0 Å². The molecule has 0 unspecified atom stereocenters. The van der Waals surface area contributed by atoms with Crippen LogP contribution in [0.15, 0.2) is 19.0 Å². The average molecular weight is 231 g/mol. The first-order chi connectivity index (χ1) is 8.17. The number of carbonyl (C=O) groups is 1. The van der Waals surface area contributed by atoms with Crippen LogP contribution in [0.25, 0.3) is 11.7 Å². The molecule has 0 fully saturated rings. The number of aryl methyl sites for hydroxylation is 1. The van der Waals surface area contributed by atoms with E-state index < -0.39 is 5.97 Å². The standard InChI is InChI=1S/C12H13N3O2/c1-4-9-6-8(3)15-7-13-10(11(15)14-9)12(16)17-5-2/h4,6-7H,1,5H2,2-3H3. The zero-order chi connectivity index (χ0) is 12.4. The predicted molar refractivity (Wildman–Crippen MR) is 63.8 cm³/mol. The van der Waals surface area contributed by atoms with E-state index in [0.717, 1.165) is 5.69 Å². The third-order valence-electron chi connectivity index (χ3n) is 2.39. The third-order valence-corrected chi connectivity index (χ3v) is 2.39. The Morgan fingerprint density at radius 2 is 2.41 bits per heavy atom. The number of carbonyl (C=O) groups excluding carboxylic acids is 1. The molecule has 0 atom stereocenters. The van der Waals surface area contributed by atoms with Crippen LogP contribution in [0.5, 0.6) is 0 Å². The maximum atomic E-state index is 11.7. The van der Waals surface area contributed by atoms with Gasteiger partial charge in [0.15, 0.2) is 11.3 Å². The van der Waals surface area contributed by atoms with Crippen LogP contribution in [0.3, 0.4) is 0 Å². The van der Waals surface area contributed by atoms with Crippen molar-refractivity contribution in [1.82, 2.24) is 14.4 Å². The molecule has 5 heteroatoms. The van der Waals surface area contributed by atoms with Crippen molar-refractivity contribution in [3.05, 3.63) is 36.1 Å². The predicted octanol–water partition coefficient (Wildman–Crippen LogP) is 1.86. The Kier molecular flexibility index (Phi) is 2.91. The number of esters is 1. The smallest absolute Gasteiger partial charge is 0.360 e. The van der Waals surface area contributed by atoms with Gasteiger partial charge in [0.05, 0.1) is 12.3 Å². The van der Waals surface area contributed by atoms with Gasteiger partial charge in [-0.1, -0.05) is 6.58 Å². The fraction of sp³-hybridized carbons (Fsp3) is 0.250. The van der Waals surface area contributed by atoms with Gasteiger partial charge in [0.25, 0.3) is 0 Å². The minimum Gasteiger partial charge on any atom is -0.461 e. The van der Waals surface area contributed by atoms with Crippen LogP contribution in [-0.4, -0.2) is 26.9 Å². The first-order valence-corrected chi connectivity index (χ1v) is 5.31. The summed E-state index contributed by atoms with van der Waals surface area (Å²) in [5.74, 6) is -0.455. The van der Waals surface area contributed by atoms with Gasteiger partial charge in [0, 0.05) is 5.69 Å². The van der Waals surface area contributed by atoms with Gasteiger partial charge in [-0.2, -0.15) is 0 Å². The van der Waals surface area contributed by atoms with Crippen LogP contribution in [-0.2, 0) is 4.74 Å². The molecule has 2 heterocycles. The van der Waals surface area contributed by atoms with Gasteiger partial charge in [0.2, 0.25) is 0 Å². The van der Waals surface area contributed by atoms with Crippen LogP contribution in [0.2, 0.25) is 0 Å². The van der Waals surface area contributed by atoms with Gasteiger partial charge < -0.3 is 4.74 Å². The Balaban J connectivity index is 2.62. The number of imidazole rings is 1. The van der Waals surface area contributed by atoms with Crippen molar-refractivity contribution in [2.75, 3.05) is 6.61 Å². The molecule has 0 aliphatic heterocycles. The highest BCUT2D eigenvalue weighted by Crippen LogP contribution is 2.13. The molecule has 2 aromatic rings. The fourth-order valence-electron chi connectivity index (χ4n) is 1.59. The van der Waals surface area contributed by atoms with Gasteiger partial charge in [-0.05, 0) is 26.0 Å². The summed E-state index contributed by atoms with van der Waals surface area (Å²) in [7, 11) is 0. The molecule has 0 bridgehead atoms. The van der Waals surface area contributed by atoms with Crippen molar-refractivity contribution >= 4 is 17.7 Å². The highest BCUT2D eigenvalue weighted by atomic mass is 16.5. The highest BCUT2D eigenvalue weighted by molar-refractivity contribution is 5.93. The summed E-state index contributed by atoms with van der Waals surface area (Å²) < 4.78 is 6.68. The highest BCUT2D eigenvalue weighted by Gasteiger charge is 2.16. The van der Waals surface area contributed by atoms with Crippen molar-refractivity contribution in [3.63, 3.8) is 0 Å². The van der Waals surface area contributed by atoms with Gasteiger partial charge in [0.1, 0.15) is 6.33 Å². The van der Waals surface area contributed by atoms with Crippen LogP contribution < -0.4 is 0 Å². The summed E-state index contributed by atoms with van der Waals surface area (Å²) in [4.78, 5) is 20.0. The minimum absolute atomic E-state index is 0.235. The summed E-state index contributed by atoms with van der Waals surface area (Å²) in [5, 5.41) is 0. The molecule has 0 N–H and O–H groups in total. The monoisotopic (exact) mass is 231 g/mol. The topological polar surface area (TPSA) is 56.5 Å². The number of hydrogen-bond donors (Lipinski definition) is 0. The van der Waals surface area contributed by atoms with Crippen molar-refractivity contribution in [1.29, 1.82) is 0 Å². The lowest BCUT2D eigenvalue weighted by Gasteiger charge is -2.02. The number of fused-ring (bicyclic) bond motifs is 1. The molecule has 0 aromatic carbocycles. The molecule has 0 aliphatic carbocycles. The molecule has 0 spiro atoms. The normalized spacial score (nSPS) is 10.5. The fourth-order valence-corrected chi connectivity index (χ4v) is 1.59. The molecule has 2 rings (SSSR count). The summed E-state index contributed by atoms with van der Waals surface area (Å²) in [6.45, 7) is 7.65. The lowest BCUT2D eigenvalue weighted by molar-refractivity contribution is 0.0522. The molecule has 0 amide bonds. The van der Waals surface area contributed by atoms with Crippen molar-refractivity contribution in [2.24, 2.45) is 0 Å². The molecule has 0 saturated carbocycles. The number of rotatable bonds is 3. The Labute approximate surface area is 98.8 Å². The van der Waals surface area contributed by atoms with E-state index in [2.05, 4.69) is 16.5 Å². The Morgan fingerprint density at radius 1 is 1.65 bits per heavy atom. The summed E-state index contributed by atoms with van der Waals surface area (Å²) >= 11 is 0. The number of aromatic nitrogens is 3. The van der Waals surface area contributed by atoms with Crippen molar-refractivity contribution in [3.8, 4) is 0 Å². The van der Waals surface area contributed by atoms with E-state index in [-0.39, 0.29) is 5.69 Å². The van der Waals surface area contributed by atoms with E-state index in [4.69, 9.17) is 4.74 Å². The molecule has 0 saturated heterocycles. The second-order valence-electron chi connectivity index (χ2n) is 3.53. The SMILES string of the molecule is C=Cc1cc(C)n2cnc(C(=O)OCC)c2n1. The summed E-state index contributed by atoms with van der Waals surface area (Å²) in [5.41, 5.74) is 2.38. The van der Waals surface area contributed by atoms with Gasteiger partial charge in [-0.25, -0.2) is 14.8 Å². The summed E-state index contributed by atoms with van der Waals surface area (Å²) in [6.07, 6.45) is 3.20. The second kappa shape index (κ2) is 4.37. The lowest BCUT2D eigenvalue weighted by Crippen LogP contribution is -2.07. The van der Waals surface area contributed by atoms with Crippen LogP contribution in [0, 0.1) is 6.92 Å². The maximum Gasteiger partial charge on any atom is 0.360 e. The molecule has 5 nitrogen and oxygen atoms in total. The molecular formula is C12H13N3O2. The molecule has 2 aromatic heterocycles. The minimum atomic E-state index is -0.455. The first-order valence-electron chi connectivity index (χ1n) is 5.31. The zero-order valence-electron chi connectivity index (χ0n) is 9.80. The molecule has 17 heavy (non-hydrogen) atoms. The van der Waals surface area contributed by atoms with Crippen molar-refractivity contribution in [2.45, 2.75) is 13.8 Å². The summed E-state index contributed by atoms with van der Waals surface area (Å²) in [6, 6.07) is 1.87. The first kappa shape index (κ1) is 11.3. The zero-order valence-corrected chi connectivity index (χ0v) is 9.80. The average Bonchev–Trinajstić information content (AvgIpc) is 2.73.